The van der Waals surface area contributed by atoms with Crippen molar-refractivity contribution in [3.8, 4) is 0 Å². The highest BCUT2D eigenvalue weighted by Crippen LogP contribution is 2.40. The van der Waals surface area contributed by atoms with E-state index in [1.54, 1.807) is 11.8 Å². The minimum atomic E-state index is 0.118. The highest BCUT2D eigenvalue weighted by Gasteiger charge is 2.19. The third-order valence-electron chi connectivity index (χ3n) is 2.66. The van der Waals surface area contributed by atoms with Crippen molar-refractivity contribution in [3.63, 3.8) is 0 Å². The topological polar surface area (TPSA) is 17.1 Å². The van der Waals surface area contributed by atoms with Gasteiger partial charge in [-0.2, -0.15) is 0 Å². The predicted octanol–water partition coefficient (Wildman–Crippen LogP) is 4.23. The van der Waals surface area contributed by atoms with Gasteiger partial charge in [0.25, 0.3) is 0 Å². The van der Waals surface area contributed by atoms with Crippen LogP contribution in [0.5, 0.6) is 0 Å². The van der Waals surface area contributed by atoms with Gasteiger partial charge in [0.1, 0.15) is 6.29 Å². The van der Waals surface area contributed by atoms with Crippen LogP contribution in [0.3, 0.4) is 0 Å². The first-order valence-electron chi connectivity index (χ1n) is 5.35. The number of aldehydes is 1. The summed E-state index contributed by atoms with van der Waals surface area (Å²) in [5.74, 6) is 0.118. The van der Waals surface area contributed by atoms with Crippen LogP contribution in [0.2, 0.25) is 0 Å². The van der Waals surface area contributed by atoms with Crippen LogP contribution in [-0.4, -0.2) is 6.29 Å². The molecular formula is C13H13ClOS. The zero-order chi connectivity index (χ0) is 11.4. The van der Waals surface area contributed by atoms with Crippen molar-refractivity contribution in [2.75, 3.05) is 0 Å². The highest BCUT2D eigenvalue weighted by atomic mass is 35.5. The lowest BCUT2D eigenvalue weighted by molar-refractivity contribution is -0.111. The van der Waals surface area contributed by atoms with E-state index in [0.29, 0.717) is 6.42 Å². The standard InChI is InChI=1S/C13H13ClOS/c14-12-8-10(9-15)6-7-13(12)16-11-4-2-1-3-5-11/h1-5,9-10H,6-8H2. The van der Waals surface area contributed by atoms with Crippen molar-refractivity contribution in [3.05, 3.63) is 40.3 Å². The summed E-state index contributed by atoms with van der Waals surface area (Å²) in [5, 5.41) is 0.859. The van der Waals surface area contributed by atoms with Crippen molar-refractivity contribution in [2.24, 2.45) is 5.92 Å². The number of carbonyl (C=O) groups is 1. The molecule has 1 aromatic carbocycles. The smallest absolute Gasteiger partial charge is 0.123 e. The predicted molar refractivity (Wildman–Crippen MR) is 68.6 cm³/mol. The summed E-state index contributed by atoms with van der Waals surface area (Å²) in [4.78, 5) is 13.1. The van der Waals surface area contributed by atoms with E-state index in [4.69, 9.17) is 11.6 Å². The van der Waals surface area contributed by atoms with Gasteiger partial charge >= 0.3 is 0 Å². The Morgan fingerprint density at radius 2 is 2.06 bits per heavy atom. The normalized spacial score (nSPS) is 20.9. The third kappa shape index (κ3) is 2.89. The van der Waals surface area contributed by atoms with Crippen LogP contribution >= 0.6 is 23.4 Å². The van der Waals surface area contributed by atoms with Crippen LogP contribution in [0.4, 0.5) is 0 Å². The van der Waals surface area contributed by atoms with Crippen molar-refractivity contribution in [1.82, 2.24) is 0 Å². The lowest BCUT2D eigenvalue weighted by atomic mass is 9.96. The fourth-order valence-electron chi connectivity index (χ4n) is 1.75. The Morgan fingerprint density at radius 1 is 1.31 bits per heavy atom. The summed E-state index contributed by atoms with van der Waals surface area (Å²) >= 11 is 7.92. The molecule has 0 aliphatic heterocycles. The molecule has 1 aliphatic rings. The number of hydrogen-bond donors (Lipinski definition) is 0. The number of carbonyl (C=O) groups excluding carboxylic acids is 1. The van der Waals surface area contributed by atoms with E-state index in [1.165, 1.54) is 9.80 Å². The summed E-state index contributed by atoms with van der Waals surface area (Å²) < 4.78 is 0. The van der Waals surface area contributed by atoms with Crippen molar-refractivity contribution in [2.45, 2.75) is 24.2 Å². The van der Waals surface area contributed by atoms with E-state index >= 15 is 0 Å². The Morgan fingerprint density at radius 3 is 2.69 bits per heavy atom. The third-order valence-corrected chi connectivity index (χ3v) is 4.36. The molecule has 0 saturated heterocycles. The van der Waals surface area contributed by atoms with Gasteiger partial charge in [-0.15, -0.1) is 0 Å². The number of thioether (sulfide) groups is 1. The van der Waals surface area contributed by atoms with Gasteiger partial charge in [-0.05, 0) is 31.4 Å². The molecule has 0 saturated carbocycles. The number of benzene rings is 1. The van der Waals surface area contributed by atoms with Gasteiger partial charge in [0.2, 0.25) is 0 Å². The molecule has 0 spiro atoms. The summed E-state index contributed by atoms with van der Waals surface area (Å²) in [5.41, 5.74) is 0. The Kier molecular flexibility index (Phi) is 4.08. The van der Waals surface area contributed by atoms with Gasteiger partial charge in [0, 0.05) is 20.8 Å². The van der Waals surface area contributed by atoms with Gasteiger partial charge in [-0.3, -0.25) is 0 Å². The molecule has 0 bridgehead atoms. The van der Waals surface area contributed by atoms with E-state index in [-0.39, 0.29) is 5.92 Å². The molecule has 0 amide bonds. The summed E-state index contributed by atoms with van der Waals surface area (Å²) in [6.07, 6.45) is 3.57. The fraction of sp³-hybridized carbons (Fsp3) is 0.308. The maximum atomic E-state index is 10.7. The second-order valence-electron chi connectivity index (χ2n) is 3.88. The van der Waals surface area contributed by atoms with Crippen molar-refractivity contribution >= 4 is 29.6 Å². The fourth-order valence-corrected chi connectivity index (χ4v) is 3.15. The van der Waals surface area contributed by atoms with Gasteiger partial charge in [-0.1, -0.05) is 41.6 Å². The molecule has 1 atom stereocenters. The first-order valence-corrected chi connectivity index (χ1v) is 6.55. The molecule has 1 aliphatic carbocycles. The minimum Gasteiger partial charge on any atom is -0.303 e. The van der Waals surface area contributed by atoms with E-state index in [0.717, 1.165) is 24.2 Å². The SMILES string of the molecule is O=CC1CCC(Sc2ccccc2)=C(Cl)C1. The molecule has 0 heterocycles. The molecular weight excluding hydrogens is 240 g/mol. The van der Waals surface area contributed by atoms with E-state index in [9.17, 15) is 4.79 Å². The first-order chi connectivity index (χ1) is 7.79. The largest absolute Gasteiger partial charge is 0.303 e. The van der Waals surface area contributed by atoms with Crippen LogP contribution in [0.25, 0.3) is 0 Å². The molecule has 0 fully saturated rings. The van der Waals surface area contributed by atoms with Gasteiger partial charge < -0.3 is 4.79 Å². The lowest BCUT2D eigenvalue weighted by Crippen LogP contribution is -2.08. The Bertz CT molecular complexity index is 400. The summed E-state index contributed by atoms with van der Waals surface area (Å²) in [7, 11) is 0. The van der Waals surface area contributed by atoms with Gasteiger partial charge in [0.05, 0.1) is 0 Å². The first kappa shape index (κ1) is 11.7. The second-order valence-corrected chi connectivity index (χ2v) is 5.51. The quantitative estimate of drug-likeness (QED) is 0.749. The molecule has 0 aromatic heterocycles. The molecule has 1 unspecified atom stereocenters. The molecule has 84 valence electrons. The molecule has 1 aromatic rings. The average molecular weight is 253 g/mol. The van der Waals surface area contributed by atoms with Crippen LogP contribution < -0.4 is 0 Å². The monoisotopic (exact) mass is 252 g/mol. The summed E-state index contributed by atoms with van der Waals surface area (Å²) in [6.45, 7) is 0. The Balaban J connectivity index is 2.08. The second kappa shape index (κ2) is 5.55. The van der Waals surface area contributed by atoms with Crippen molar-refractivity contribution in [1.29, 1.82) is 0 Å². The Labute approximate surface area is 105 Å². The lowest BCUT2D eigenvalue weighted by Gasteiger charge is -2.20. The maximum absolute atomic E-state index is 10.7. The van der Waals surface area contributed by atoms with Gasteiger partial charge in [-0.25, -0.2) is 0 Å². The van der Waals surface area contributed by atoms with Crippen LogP contribution in [0.1, 0.15) is 19.3 Å². The van der Waals surface area contributed by atoms with Crippen molar-refractivity contribution < 1.29 is 4.79 Å². The maximum Gasteiger partial charge on any atom is 0.123 e. The average Bonchev–Trinajstić information content (AvgIpc) is 2.33. The van der Waals surface area contributed by atoms with E-state index in [1.807, 2.05) is 18.2 Å². The molecule has 0 radical (unpaired) electrons. The highest BCUT2D eigenvalue weighted by molar-refractivity contribution is 8.03. The van der Waals surface area contributed by atoms with Gasteiger partial charge in [0.15, 0.2) is 0 Å². The number of allylic oxidation sites excluding steroid dienone is 2. The molecule has 3 heteroatoms. The van der Waals surface area contributed by atoms with Crippen LogP contribution in [0.15, 0.2) is 45.2 Å². The molecule has 0 N–H and O–H groups in total. The molecule has 1 nitrogen and oxygen atoms in total. The number of rotatable bonds is 3. The zero-order valence-electron chi connectivity index (χ0n) is 8.86. The van der Waals surface area contributed by atoms with Crippen LogP contribution in [-0.2, 0) is 4.79 Å². The molecule has 2 rings (SSSR count). The summed E-state index contributed by atoms with van der Waals surface area (Å²) in [6, 6.07) is 10.2. The number of halogens is 1. The molecule has 16 heavy (non-hydrogen) atoms. The minimum absolute atomic E-state index is 0.118. The van der Waals surface area contributed by atoms with Crippen LogP contribution in [0, 0.1) is 5.92 Å². The Hall–Kier alpha value is -0.730. The van der Waals surface area contributed by atoms with E-state index in [2.05, 4.69) is 12.1 Å². The number of hydrogen-bond acceptors (Lipinski definition) is 2. The van der Waals surface area contributed by atoms with E-state index < -0.39 is 0 Å². The zero-order valence-corrected chi connectivity index (χ0v) is 10.4.